The highest BCUT2D eigenvalue weighted by molar-refractivity contribution is 5.48. The molecule has 0 bridgehead atoms. The van der Waals surface area contributed by atoms with E-state index in [1.807, 2.05) is 19.9 Å². The monoisotopic (exact) mass is 238 g/mol. The molecule has 0 saturated carbocycles. The highest BCUT2D eigenvalue weighted by Crippen LogP contribution is 2.12. The molecule has 0 amide bonds. The first-order valence-electron chi connectivity index (χ1n) is 6.06. The van der Waals surface area contributed by atoms with Crippen LogP contribution in [-0.2, 0) is 11.2 Å². The molecule has 0 aliphatic heterocycles. The largest absolute Gasteiger partial charge is 0.383 e. The van der Waals surface area contributed by atoms with Gasteiger partial charge in [0.05, 0.1) is 6.61 Å². The Bertz CT molecular complexity index is 343. The van der Waals surface area contributed by atoms with Gasteiger partial charge >= 0.3 is 0 Å². The van der Waals surface area contributed by atoms with Gasteiger partial charge in [0.2, 0.25) is 0 Å². The molecule has 0 fully saturated rings. The molecule has 1 unspecified atom stereocenters. The van der Waals surface area contributed by atoms with E-state index in [-0.39, 0.29) is 6.04 Å². The van der Waals surface area contributed by atoms with Gasteiger partial charge in [0, 0.05) is 32.2 Å². The maximum atomic E-state index is 5.09. The zero-order valence-electron chi connectivity index (χ0n) is 11.1. The van der Waals surface area contributed by atoms with Crippen LogP contribution in [0, 0.1) is 0 Å². The lowest BCUT2D eigenvalue weighted by molar-refractivity contribution is 0.190. The number of hydrogen-bond acceptors (Lipinski definition) is 5. The summed E-state index contributed by atoms with van der Waals surface area (Å²) < 4.78 is 5.09. The summed E-state index contributed by atoms with van der Waals surface area (Å²) in [6.45, 7) is 7.67. The van der Waals surface area contributed by atoms with Crippen molar-refractivity contribution < 1.29 is 4.74 Å². The zero-order valence-corrected chi connectivity index (χ0v) is 11.1. The minimum Gasteiger partial charge on any atom is -0.383 e. The maximum Gasteiger partial charge on any atom is 0.132 e. The van der Waals surface area contributed by atoms with Crippen molar-refractivity contribution in [2.24, 2.45) is 0 Å². The number of hydrogen-bond donors (Lipinski definition) is 2. The van der Waals surface area contributed by atoms with Crippen molar-refractivity contribution >= 4 is 11.6 Å². The Hall–Kier alpha value is -1.36. The van der Waals surface area contributed by atoms with Gasteiger partial charge in [-0.25, -0.2) is 9.97 Å². The Kier molecular flexibility index (Phi) is 5.69. The second-order valence-electron chi connectivity index (χ2n) is 3.94. The SMILES string of the molecule is CCNc1cc(NC(C)COC)nc(CC)n1. The summed E-state index contributed by atoms with van der Waals surface area (Å²) in [7, 11) is 1.69. The number of nitrogens with zero attached hydrogens (tertiary/aromatic N) is 2. The van der Waals surface area contributed by atoms with Crippen LogP contribution in [0.3, 0.4) is 0 Å². The van der Waals surface area contributed by atoms with Crippen molar-refractivity contribution in [1.29, 1.82) is 0 Å². The number of aromatic nitrogens is 2. The molecular formula is C12H22N4O. The Balaban J connectivity index is 2.79. The summed E-state index contributed by atoms with van der Waals surface area (Å²) in [5, 5.41) is 6.51. The normalized spacial score (nSPS) is 12.2. The third-order valence-electron chi connectivity index (χ3n) is 2.26. The maximum absolute atomic E-state index is 5.09. The molecule has 1 rings (SSSR count). The van der Waals surface area contributed by atoms with Gasteiger partial charge in [0.15, 0.2) is 0 Å². The van der Waals surface area contributed by atoms with Crippen LogP contribution in [0.25, 0.3) is 0 Å². The fraction of sp³-hybridized carbons (Fsp3) is 0.667. The lowest BCUT2D eigenvalue weighted by Gasteiger charge is -2.15. The van der Waals surface area contributed by atoms with Crippen LogP contribution in [0.5, 0.6) is 0 Å². The average molecular weight is 238 g/mol. The van der Waals surface area contributed by atoms with E-state index in [1.54, 1.807) is 7.11 Å². The number of aryl methyl sites for hydroxylation is 1. The minimum atomic E-state index is 0.231. The van der Waals surface area contributed by atoms with Crippen LogP contribution in [0.4, 0.5) is 11.6 Å². The van der Waals surface area contributed by atoms with E-state index in [1.165, 1.54) is 0 Å². The molecule has 2 N–H and O–H groups in total. The standard InChI is InChI=1S/C12H22N4O/c1-5-10-15-11(13-6-2)7-12(16-10)14-9(3)8-17-4/h7,9H,5-6,8H2,1-4H3,(H2,13,14,15,16). The summed E-state index contributed by atoms with van der Waals surface area (Å²) in [5.41, 5.74) is 0. The molecule has 1 atom stereocenters. The number of nitrogens with one attached hydrogen (secondary N) is 2. The lowest BCUT2D eigenvalue weighted by Crippen LogP contribution is -2.22. The molecule has 0 aliphatic rings. The Labute approximate surface area is 103 Å². The van der Waals surface area contributed by atoms with Crippen LogP contribution in [-0.4, -0.2) is 36.3 Å². The van der Waals surface area contributed by atoms with Crippen molar-refractivity contribution in [2.45, 2.75) is 33.2 Å². The number of methoxy groups -OCH3 is 1. The van der Waals surface area contributed by atoms with E-state index in [0.29, 0.717) is 6.61 Å². The molecule has 0 radical (unpaired) electrons. The van der Waals surface area contributed by atoms with E-state index >= 15 is 0 Å². The van der Waals surface area contributed by atoms with Crippen LogP contribution < -0.4 is 10.6 Å². The lowest BCUT2D eigenvalue weighted by atomic mass is 10.3. The average Bonchev–Trinajstić information content (AvgIpc) is 2.29. The molecule has 0 aliphatic carbocycles. The molecule has 1 aromatic rings. The van der Waals surface area contributed by atoms with Crippen molar-refractivity contribution in [3.63, 3.8) is 0 Å². The fourth-order valence-electron chi connectivity index (χ4n) is 1.54. The molecule has 5 nitrogen and oxygen atoms in total. The smallest absolute Gasteiger partial charge is 0.132 e. The van der Waals surface area contributed by atoms with Gasteiger partial charge in [0.1, 0.15) is 17.5 Å². The summed E-state index contributed by atoms with van der Waals surface area (Å²) in [6, 6.07) is 2.16. The molecular weight excluding hydrogens is 216 g/mol. The van der Waals surface area contributed by atoms with Crippen LogP contribution >= 0.6 is 0 Å². The van der Waals surface area contributed by atoms with Gasteiger partial charge in [-0.3, -0.25) is 0 Å². The minimum absolute atomic E-state index is 0.231. The van der Waals surface area contributed by atoms with E-state index in [2.05, 4.69) is 27.5 Å². The Morgan fingerprint density at radius 2 is 2.00 bits per heavy atom. The Morgan fingerprint density at radius 1 is 1.29 bits per heavy atom. The molecule has 96 valence electrons. The van der Waals surface area contributed by atoms with E-state index < -0.39 is 0 Å². The van der Waals surface area contributed by atoms with Crippen molar-refractivity contribution in [1.82, 2.24) is 9.97 Å². The van der Waals surface area contributed by atoms with E-state index in [9.17, 15) is 0 Å². The summed E-state index contributed by atoms with van der Waals surface area (Å²) in [5.74, 6) is 2.55. The highest BCUT2D eigenvalue weighted by atomic mass is 16.5. The predicted molar refractivity (Wildman–Crippen MR) is 70.5 cm³/mol. The van der Waals surface area contributed by atoms with Gasteiger partial charge in [-0.2, -0.15) is 0 Å². The predicted octanol–water partition coefficient (Wildman–Crippen LogP) is 1.92. The number of rotatable bonds is 7. The first kappa shape index (κ1) is 13.7. The third kappa shape index (κ3) is 4.56. The molecule has 0 aromatic carbocycles. The van der Waals surface area contributed by atoms with E-state index in [0.717, 1.165) is 30.4 Å². The molecule has 0 saturated heterocycles. The first-order chi connectivity index (χ1) is 8.19. The molecule has 5 heteroatoms. The van der Waals surface area contributed by atoms with Crippen LogP contribution in [0.1, 0.15) is 26.6 Å². The van der Waals surface area contributed by atoms with Gasteiger partial charge in [-0.15, -0.1) is 0 Å². The highest BCUT2D eigenvalue weighted by Gasteiger charge is 2.06. The summed E-state index contributed by atoms with van der Waals surface area (Å²) in [4.78, 5) is 8.84. The topological polar surface area (TPSA) is 59.1 Å². The van der Waals surface area contributed by atoms with Gasteiger partial charge in [-0.1, -0.05) is 6.92 Å². The van der Waals surface area contributed by atoms with Crippen LogP contribution in [0.2, 0.25) is 0 Å². The van der Waals surface area contributed by atoms with Gasteiger partial charge in [0.25, 0.3) is 0 Å². The van der Waals surface area contributed by atoms with Crippen molar-refractivity contribution in [2.75, 3.05) is 30.9 Å². The quantitative estimate of drug-likeness (QED) is 0.760. The molecule has 0 spiro atoms. The van der Waals surface area contributed by atoms with Crippen LogP contribution in [0.15, 0.2) is 6.07 Å². The Morgan fingerprint density at radius 3 is 2.59 bits per heavy atom. The second-order valence-corrected chi connectivity index (χ2v) is 3.94. The third-order valence-corrected chi connectivity index (χ3v) is 2.26. The summed E-state index contributed by atoms with van der Waals surface area (Å²) >= 11 is 0. The van der Waals surface area contributed by atoms with E-state index in [4.69, 9.17) is 4.74 Å². The molecule has 1 heterocycles. The molecule has 1 aromatic heterocycles. The zero-order chi connectivity index (χ0) is 12.7. The van der Waals surface area contributed by atoms with Crippen molar-refractivity contribution in [3.8, 4) is 0 Å². The number of ether oxygens (including phenoxy) is 1. The van der Waals surface area contributed by atoms with Gasteiger partial charge in [-0.05, 0) is 13.8 Å². The fourth-order valence-corrected chi connectivity index (χ4v) is 1.54. The van der Waals surface area contributed by atoms with Crippen molar-refractivity contribution in [3.05, 3.63) is 11.9 Å². The second kappa shape index (κ2) is 7.06. The van der Waals surface area contributed by atoms with Gasteiger partial charge < -0.3 is 15.4 Å². The summed E-state index contributed by atoms with van der Waals surface area (Å²) in [6.07, 6.45) is 0.826. The number of anilines is 2. The molecule has 17 heavy (non-hydrogen) atoms. The first-order valence-corrected chi connectivity index (χ1v) is 6.06.